The lowest BCUT2D eigenvalue weighted by Gasteiger charge is -2.25. The minimum Gasteiger partial charge on any atom is -0.493 e. The highest BCUT2D eigenvalue weighted by Gasteiger charge is 2.15. The summed E-state index contributed by atoms with van der Waals surface area (Å²) < 4.78 is 26.6. The zero-order valence-corrected chi connectivity index (χ0v) is 27.6. The van der Waals surface area contributed by atoms with E-state index in [1.807, 2.05) is 66.6 Å². The van der Waals surface area contributed by atoms with Gasteiger partial charge in [0.25, 0.3) is 0 Å². The number of benzene rings is 3. The molecule has 1 heterocycles. The Balaban J connectivity index is 1.59. The Bertz CT molecular complexity index is 1750. The molecule has 0 aliphatic heterocycles. The van der Waals surface area contributed by atoms with Crippen LogP contribution in [0.1, 0.15) is 44.7 Å². The molecule has 0 saturated heterocycles. The summed E-state index contributed by atoms with van der Waals surface area (Å²) in [4.78, 5) is 6.39. The fraction of sp³-hybridized carbons (Fsp3) is 0.263. The number of hydrogen-bond donors (Lipinski definition) is 2. The number of nitrogen functional groups attached to an aromatic ring is 1. The van der Waals surface area contributed by atoms with Gasteiger partial charge in [0.1, 0.15) is 5.82 Å². The van der Waals surface area contributed by atoms with Crippen LogP contribution in [-0.2, 0) is 0 Å². The molecule has 1 aromatic heterocycles. The first-order chi connectivity index (χ1) is 22.7. The van der Waals surface area contributed by atoms with Crippen molar-refractivity contribution in [1.29, 1.82) is 5.26 Å². The molecule has 0 radical (unpaired) electrons. The molecule has 3 aromatic carbocycles. The summed E-state index contributed by atoms with van der Waals surface area (Å²) in [5.41, 5.74) is 12.8. The molecule has 0 bridgehead atoms. The summed E-state index contributed by atoms with van der Waals surface area (Å²) in [5, 5.41) is 19.4. The van der Waals surface area contributed by atoms with Crippen LogP contribution in [-0.4, -0.2) is 42.4 Å². The van der Waals surface area contributed by atoms with Gasteiger partial charge < -0.3 is 25.2 Å². The van der Waals surface area contributed by atoms with E-state index in [-0.39, 0.29) is 12.5 Å². The molecule has 8 nitrogen and oxygen atoms in total. The number of pyridine rings is 1. The van der Waals surface area contributed by atoms with Crippen molar-refractivity contribution in [2.45, 2.75) is 33.6 Å². The van der Waals surface area contributed by atoms with Crippen molar-refractivity contribution in [3.05, 3.63) is 108 Å². The third-order valence-corrected chi connectivity index (χ3v) is 8.12. The van der Waals surface area contributed by atoms with Crippen LogP contribution in [0, 0.1) is 17.2 Å². The first kappa shape index (κ1) is 34.5. The maximum absolute atomic E-state index is 15.8. The fourth-order valence-electron chi connectivity index (χ4n) is 5.33. The number of ether oxygens (including phenoxy) is 2. The van der Waals surface area contributed by atoms with Gasteiger partial charge in [-0.3, -0.25) is 0 Å². The molecule has 0 saturated carbocycles. The Kier molecular flexibility index (Phi) is 12.0. The molecule has 244 valence electrons. The van der Waals surface area contributed by atoms with Crippen LogP contribution in [0.5, 0.6) is 11.5 Å². The predicted molar refractivity (Wildman–Crippen MR) is 187 cm³/mol. The highest BCUT2D eigenvalue weighted by atomic mass is 19.2. The lowest BCUT2D eigenvalue weighted by Crippen LogP contribution is -2.23. The highest BCUT2D eigenvalue weighted by Crippen LogP contribution is 2.35. The number of methoxy groups -OCH3 is 2. The van der Waals surface area contributed by atoms with Crippen molar-refractivity contribution in [3.63, 3.8) is 0 Å². The first-order valence-corrected chi connectivity index (χ1v) is 15.5. The molecule has 9 heteroatoms. The Morgan fingerprint density at radius 2 is 1.64 bits per heavy atom. The molecule has 1 atom stereocenters. The highest BCUT2D eigenvalue weighted by molar-refractivity contribution is 5.80. The normalized spacial score (nSPS) is 12.3. The lowest BCUT2D eigenvalue weighted by atomic mass is 10.0. The second kappa shape index (κ2) is 16.3. The van der Waals surface area contributed by atoms with Gasteiger partial charge in [-0.2, -0.15) is 10.4 Å². The van der Waals surface area contributed by atoms with Gasteiger partial charge in [0, 0.05) is 42.9 Å². The first-order valence-electron chi connectivity index (χ1n) is 15.5. The van der Waals surface area contributed by atoms with E-state index in [0.717, 1.165) is 39.8 Å². The number of nitrogens with zero attached hydrogens (tertiary/aromatic N) is 4. The number of nitrogens with two attached hydrogens (primary N) is 1. The Morgan fingerprint density at radius 3 is 2.26 bits per heavy atom. The summed E-state index contributed by atoms with van der Waals surface area (Å²) >= 11 is 0. The third-order valence-electron chi connectivity index (χ3n) is 8.12. The Hall–Kier alpha value is -5.33. The average Bonchev–Trinajstić information content (AvgIpc) is 3.10. The summed E-state index contributed by atoms with van der Waals surface area (Å²) in [6, 6.07) is 24.2. The molecule has 3 N–H and O–H groups in total. The van der Waals surface area contributed by atoms with Crippen LogP contribution in [0.2, 0.25) is 0 Å². The van der Waals surface area contributed by atoms with Crippen LogP contribution >= 0.6 is 0 Å². The van der Waals surface area contributed by atoms with Crippen molar-refractivity contribution in [2.24, 2.45) is 5.92 Å². The molecule has 47 heavy (non-hydrogen) atoms. The van der Waals surface area contributed by atoms with E-state index in [2.05, 4.69) is 18.0 Å². The number of rotatable bonds is 14. The molecule has 0 aliphatic rings. The molecule has 0 aliphatic carbocycles. The minimum absolute atomic E-state index is 0.0895. The SMILES string of the molecule is CCC(CCO)CN(/C=C(\C)c1ccc(C#N)cc1)/C=C(\C)N(F)c1ccc(-c2cc(-c3ccc(OC)c(OC)c3)cnc2N)cc1. The topological polar surface area (TPSA) is 108 Å². The van der Waals surface area contributed by atoms with Gasteiger partial charge in [-0.05, 0) is 90.9 Å². The molecule has 0 amide bonds. The number of halogens is 1. The minimum atomic E-state index is 0.0895. The van der Waals surface area contributed by atoms with E-state index in [0.29, 0.717) is 52.4 Å². The zero-order chi connectivity index (χ0) is 33.9. The van der Waals surface area contributed by atoms with E-state index < -0.39 is 0 Å². The zero-order valence-electron chi connectivity index (χ0n) is 27.6. The van der Waals surface area contributed by atoms with Crippen LogP contribution in [0.3, 0.4) is 0 Å². The molecular formula is C38H42FN5O3. The number of aliphatic hydroxyl groups is 1. The summed E-state index contributed by atoms with van der Waals surface area (Å²) in [6.45, 7) is 6.48. The van der Waals surface area contributed by atoms with Gasteiger partial charge in [-0.25, -0.2) is 4.98 Å². The van der Waals surface area contributed by atoms with E-state index in [1.54, 1.807) is 57.8 Å². The van der Waals surface area contributed by atoms with Gasteiger partial charge in [0.15, 0.2) is 11.5 Å². The van der Waals surface area contributed by atoms with Gasteiger partial charge in [0.05, 0.1) is 37.2 Å². The van der Waals surface area contributed by atoms with Crippen LogP contribution in [0.25, 0.3) is 27.8 Å². The van der Waals surface area contributed by atoms with E-state index >= 15 is 4.48 Å². The van der Waals surface area contributed by atoms with Gasteiger partial charge in [-0.15, -0.1) is 0 Å². The molecule has 1 unspecified atom stereocenters. The van der Waals surface area contributed by atoms with E-state index in [4.69, 9.17) is 20.5 Å². The maximum atomic E-state index is 15.8. The number of anilines is 2. The number of aliphatic hydroxyl groups excluding tert-OH is 1. The second-order valence-corrected chi connectivity index (χ2v) is 11.3. The lowest BCUT2D eigenvalue weighted by molar-refractivity contribution is 0.238. The molecular weight excluding hydrogens is 593 g/mol. The number of nitriles is 1. The smallest absolute Gasteiger partial charge is 0.161 e. The van der Waals surface area contributed by atoms with Crippen molar-refractivity contribution in [1.82, 2.24) is 9.88 Å². The maximum Gasteiger partial charge on any atom is 0.161 e. The second-order valence-electron chi connectivity index (χ2n) is 11.3. The fourth-order valence-corrected chi connectivity index (χ4v) is 5.33. The summed E-state index contributed by atoms with van der Waals surface area (Å²) in [7, 11) is 3.18. The Morgan fingerprint density at radius 1 is 0.957 bits per heavy atom. The quantitative estimate of drug-likeness (QED) is 0.134. The van der Waals surface area contributed by atoms with Crippen molar-refractivity contribution < 1.29 is 19.1 Å². The Labute approximate surface area is 276 Å². The van der Waals surface area contributed by atoms with Crippen molar-refractivity contribution >= 4 is 17.1 Å². The third kappa shape index (κ3) is 8.69. The van der Waals surface area contributed by atoms with Crippen molar-refractivity contribution in [3.8, 4) is 39.8 Å². The van der Waals surface area contributed by atoms with Gasteiger partial charge in [0.2, 0.25) is 0 Å². The van der Waals surface area contributed by atoms with E-state index in [9.17, 15) is 5.11 Å². The largest absolute Gasteiger partial charge is 0.493 e. The number of aromatic nitrogens is 1. The molecule has 0 spiro atoms. The van der Waals surface area contributed by atoms with Crippen LogP contribution in [0.15, 0.2) is 97.1 Å². The van der Waals surface area contributed by atoms with E-state index in [1.165, 1.54) is 0 Å². The number of hydrogen-bond acceptors (Lipinski definition) is 8. The average molecular weight is 636 g/mol. The monoisotopic (exact) mass is 635 g/mol. The van der Waals surface area contributed by atoms with Crippen molar-refractivity contribution in [2.75, 3.05) is 38.2 Å². The summed E-state index contributed by atoms with van der Waals surface area (Å²) in [6.07, 6.45) is 6.98. The molecule has 0 fully saturated rings. The standard InChI is InChI=1S/C38H42FN5O3/c1-6-28(17-18-45)25-43(23-26(2)30-9-7-29(21-40)8-10-30)24-27(3)44(39)34-14-11-31(12-15-34)35-19-33(22-42-38(35)41)32-13-16-36(46-4)37(20-32)47-5/h7-16,19-20,22-24,28,45H,6,17-18,25H2,1-5H3,(H2,41,42)/b26-23+,27-24+. The van der Waals surface area contributed by atoms with Gasteiger partial charge >= 0.3 is 0 Å². The number of allylic oxidation sites excluding steroid dienone is 2. The predicted octanol–water partition coefficient (Wildman–Crippen LogP) is 8.21. The van der Waals surface area contributed by atoms with Crippen LogP contribution < -0.4 is 20.3 Å². The molecule has 4 aromatic rings. The van der Waals surface area contributed by atoms with Crippen LogP contribution in [0.4, 0.5) is 16.0 Å². The molecule has 4 rings (SSSR count). The summed E-state index contributed by atoms with van der Waals surface area (Å²) in [5.74, 6) is 1.82. The van der Waals surface area contributed by atoms with Gasteiger partial charge in [-0.1, -0.05) is 48.2 Å².